The van der Waals surface area contributed by atoms with Crippen LogP contribution in [-0.2, 0) is 19.1 Å². The molecule has 137 valence electrons. The van der Waals surface area contributed by atoms with E-state index < -0.39 is 13.4 Å². The summed E-state index contributed by atoms with van der Waals surface area (Å²) in [4.78, 5) is 0. The zero-order valence-electron chi connectivity index (χ0n) is 15.2. The Morgan fingerprint density at radius 3 is 1.05 bits per heavy atom. The molecule has 0 aromatic carbocycles. The zero-order chi connectivity index (χ0) is 16.8. The van der Waals surface area contributed by atoms with Gasteiger partial charge in [0, 0.05) is 0 Å². The molecule has 0 aliphatic rings. The molecule has 0 fully saturated rings. The third-order valence-electron chi connectivity index (χ3n) is 2.69. The Labute approximate surface area is 139 Å². The van der Waals surface area contributed by atoms with Gasteiger partial charge in [-0.15, -0.1) is 0 Å². The Balaban J connectivity index is 5.34. The third-order valence-corrected chi connectivity index (χ3v) is 8.48. The average molecular weight is 388 g/mol. The van der Waals surface area contributed by atoms with Gasteiger partial charge in [-0.25, -0.2) is 0 Å². The van der Waals surface area contributed by atoms with Crippen LogP contribution in [0.1, 0.15) is 73.1 Å². The van der Waals surface area contributed by atoms with Crippen LogP contribution in [0.4, 0.5) is 0 Å². The molecule has 0 atom stereocenters. The Hall–Kier alpha value is 0.319. The van der Waals surface area contributed by atoms with E-state index >= 15 is 0 Å². The fraction of sp³-hybridized carbons (Fsp3) is 1.00. The standard InChI is InChI=1S/C16H37O5Se/c1-6-11-16-21-22(17-12-7-2,18-13-8-3,19-14-9-4)20-15-10-5/h6-16H2,1-5H3. The van der Waals surface area contributed by atoms with E-state index in [0.717, 1.165) is 38.5 Å². The molecule has 1 radical (unpaired) electrons. The molecule has 0 heterocycles. The summed E-state index contributed by atoms with van der Waals surface area (Å²) in [6.45, 7) is 13.0. The Bertz CT molecular complexity index is 219. The summed E-state index contributed by atoms with van der Waals surface area (Å²) in [6, 6.07) is 0. The number of rotatable bonds is 16. The molecule has 6 heteroatoms. The molecule has 22 heavy (non-hydrogen) atoms. The molecule has 0 aromatic rings. The first kappa shape index (κ1) is 22.3. The van der Waals surface area contributed by atoms with Gasteiger partial charge in [0.1, 0.15) is 0 Å². The average Bonchev–Trinajstić information content (AvgIpc) is 2.55. The third kappa shape index (κ3) is 7.73. The summed E-state index contributed by atoms with van der Waals surface area (Å²) in [7, 11) is 0. The summed E-state index contributed by atoms with van der Waals surface area (Å²) in [5, 5.41) is 0. The van der Waals surface area contributed by atoms with E-state index in [9.17, 15) is 0 Å². The topological polar surface area (TPSA) is 46.2 Å². The summed E-state index contributed by atoms with van der Waals surface area (Å²) >= 11 is -4.44. The van der Waals surface area contributed by atoms with E-state index in [2.05, 4.69) is 34.6 Å². The summed E-state index contributed by atoms with van der Waals surface area (Å²) in [5.74, 6) is 0. The van der Waals surface area contributed by atoms with E-state index in [4.69, 9.17) is 19.1 Å². The van der Waals surface area contributed by atoms with Crippen LogP contribution >= 0.6 is 0 Å². The molecular formula is C16H37O5Se. The molecule has 0 unspecified atom stereocenters. The maximum absolute atomic E-state index is 6.14. The Morgan fingerprint density at radius 2 is 0.773 bits per heavy atom. The first-order valence-corrected chi connectivity index (χ1v) is 12.3. The van der Waals surface area contributed by atoms with Crippen molar-refractivity contribution in [3.63, 3.8) is 0 Å². The molecule has 0 bridgehead atoms. The van der Waals surface area contributed by atoms with E-state index in [1.165, 1.54) is 0 Å². The minimum atomic E-state index is -4.44. The van der Waals surface area contributed by atoms with Crippen LogP contribution in [0.15, 0.2) is 0 Å². The van der Waals surface area contributed by atoms with Crippen molar-refractivity contribution in [1.29, 1.82) is 0 Å². The fourth-order valence-corrected chi connectivity index (χ4v) is 7.49. The predicted molar refractivity (Wildman–Crippen MR) is 91.6 cm³/mol. The van der Waals surface area contributed by atoms with Gasteiger partial charge >= 0.3 is 139 Å². The Kier molecular flexibility index (Phi) is 12.9. The van der Waals surface area contributed by atoms with Gasteiger partial charge < -0.3 is 0 Å². The minimum absolute atomic E-state index is 0.517. The summed E-state index contributed by atoms with van der Waals surface area (Å²) < 4.78 is 30.5. The van der Waals surface area contributed by atoms with Crippen LogP contribution in [0.3, 0.4) is 0 Å². The second-order valence-electron chi connectivity index (χ2n) is 5.14. The maximum atomic E-state index is 6.14. The van der Waals surface area contributed by atoms with Gasteiger partial charge in [0.2, 0.25) is 0 Å². The molecule has 0 N–H and O–H groups in total. The first-order chi connectivity index (χ1) is 10.6. The van der Waals surface area contributed by atoms with Gasteiger partial charge in [0.25, 0.3) is 0 Å². The molecule has 0 amide bonds. The molecule has 5 nitrogen and oxygen atoms in total. The number of hydrogen-bond donors (Lipinski definition) is 0. The van der Waals surface area contributed by atoms with Gasteiger partial charge in [-0.1, -0.05) is 0 Å². The van der Waals surface area contributed by atoms with Crippen LogP contribution in [-0.4, -0.2) is 46.5 Å². The van der Waals surface area contributed by atoms with E-state index in [1.807, 2.05) is 0 Å². The van der Waals surface area contributed by atoms with Crippen molar-refractivity contribution in [2.45, 2.75) is 73.1 Å². The normalized spacial score (nSPS) is 14.0. The summed E-state index contributed by atoms with van der Waals surface area (Å²) in [5.41, 5.74) is 0. The van der Waals surface area contributed by atoms with Crippen LogP contribution in [0, 0.1) is 0 Å². The van der Waals surface area contributed by atoms with Gasteiger partial charge in [-0.2, -0.15) is 0 Å². The molecule has 0 spiro atoms. The second kappa shape index (κ2) is 12.7. The zero-order valence-corrected chi connectivity index (χ0v) is 16.9. The molecular weight excluding hydrogens is 351 g/mol. The molecule has 0 aromatic heterocycles. The first-order valence-electron chi connectivity index (χ1n) is 8.81. The SMILES string of the molecule is CCCCO[Se](OCCC)(OCCC)(OCCC)OCCC. The van der Waals surface area contributed by atoms with Gasteiger partial charge in [-0.05, 0) is 0 Å². The van der Waals surface area contributed by atoms with Crippen LogP contribution in [0.5, 0.6) is 0 Å². The van der Waals surface area contributed by atoms with Crippen molar-refractivity contribution in [2.24, 2.45) is 0 Å². The fourth-order valence-electron chi connectivity index (χ4n) is 1.56. The van der Waals surface area contributed by atoms with E-state index in [-0.39, 0.29) is 0 Å². The van der Waals surface area contributed by atoms with Crippen molar-refractivity contribution in [3.8, 4) is 0 Å². The van der Waals surface area contributed by atoms with Crippen molar-refractivity contribution in [2.75, 3.05) is 33.0 Å². The van der Waals surface area contributed by atoms with Crippen molar-refractivity contribution in [1.82, 2.24) is 0 Å². The monoisotopic (exact) mass is 389 g/mol. The van der Waals surface area contributed by atoms with Crippen molar-refractivity contribution >= 4 is 13.4 Å². The molecule has 0 aliphatic carbocycles. The Morgan fingerprint density at radius 1 is 0.455 bits per heavy atom. The van der Waals surface area contributed by atoms with Crippen LogP contribution < -0.4 is 0 Å². The van der Waals surface area contributed by atoms with Crippen LogP contribution in [0.2, 0.25) is 0 Å². The van der Waals surface area contributed by atoms with E-state index in [1.54, 1.807) is 0 Å². The van der Waals surface area contributed by atoms with Gasteiger partial charge in [0.05, 0.1) is 0 Å². The van der Waals surface area contributed by atoms with Gasteiger partial charge in [-0.3, -0.25) is 0 Å². The predicted octanol–water partition coefficient (Wildman–Crippen LogP) is 4.40. The molecule has 0 saturated heterocycles. The van der Waals surface area contributed by atoms with Crippen LogP contribution in [0.25, 0.3) is 0 Å². The molecule has 0 rings (SSSR count). The number of hydrogen-bond acceptors (Lipinski definition) is 5. The summed E-state index contributed by atoms with van der Waals surface area (Å²) in [6.07, 6.45) is 5.44. The van der Waals surface area contributed by atoms with Crippen molar-refractivity contribution in [3.05, 3.63) is 0 Å². The number of unbranched alkanes of at least 4 members (excludes halogenated alkanes) is 1. The quantitative estimate of drug-likeness (QED) is 0.290. The molecule has 0 saturated carbocycles. The van der Waals surface area contributed by atoms with Gasteiger partial charge in [0.15, 0.2) is 0 Å². The van der Waals surface area contributed by atoms with Crippen molar-refractivity contribution < 1.29 is 19.1 Å². The molecule has 0 aliphatic heterocycles. The van der Waals surface area contributed by atoms with E-state index in [0.29, 0.717) is 33.0 Å². The second-order valence-corrected chi connectivity index (χ2v) is 10.5.